The van der Waals surface area contributed by atoms with E-state index in [0.29, 0.717) is 5.15 Å². The van der Waals surface area contributed by atoms with Crippen molar-refractivity contribution in [2.45, 2.75) is 13.0 Å². The maximum atomic E-state index is 5.69. The van der Waals surface area contributed by atoms with Gasteiger partial charge < -0.3 is 0 Å². The van der Waals surface area contributed by atoms with Gasteiger partial charge in [0.25, 0.3) is 0 Å². The van der Waals surface area contributed by atoms with Crippen LogP contribution < -0.4 is 0 Å². The molecule has 1 aliphatic heterocycles. The summed E-state index contributed by atoms with van der Waals surface area (Å²) in [4.78, 5) is 10.7. The second-order valence-corrected chi connectivity index (χ2v) is 5.18. The Balaban J connectivity index is 1.92. The Morgan fingerprint density at radius 1 is 1.27 bits per heavy atom. The van der Waals surface area contributed by atoms with Gasteiger partial charge in [-0.15, -0.1) is 0 Å². The van der Waals surface area contributed by atoms with Crippen LogP contribution in [0, 0.1) is 0 Å². The normalized spacial score (nSPS) is 18.7. The van der Waals surface area contributed by atoms with E-state index >= 15 is 0 Å². The Kier molecular flexibility index (Phi) is 4.23. The summed E-state index contributed by atoms with van der Waals surface area (Å²) in [7, 11) is 0. The molecule has 0 N–H and O–H groups in total. The number of thioether (sulfide) groups is 1. The molecule has 0 bridgehead atoms. The van der Waals surface area contributed by atoms with Crippen molar-refractivity contribution in [1.29, 1.82) is 0 Å². The van der Waals surface area contributed by atoms with Crippen LogP contribution >= 0.6 is 23.4 Å². The molecule has 2 rings (SSSR count). The lowest BCUT2D eigenvalue weighted by molar-refractivity contribution is 0.284. The molecule has 1 aliphatic rings. The second-order valence-electron chi connectivity index (χ2n) is 3.57. The van der Waals surface area contributed by atoms with Gasteiger partial charge in [0.05, 0.1) is 18.1 Å². The van der Waals surface area contributed by atoms with Gasteiger partial charge in [0.1, 0.15) is 5.15 Å². The van der Waals surface area contributed by atoms with E-state index in [2.05, 4.69) is 14.9 Å². The first-order chi connectivity index (χ1) is 7.34. The Morgan fingerprint density at radius 3 is 3.00 bits per heavy atom. The largest absolute Gasteiger partial charge is 0.297 e. The lowest BCUT2D eigenvalue weighted by Crippen LogP contribution is -2.25. The molecule has 5 heteroatoms. The molecule has 0 aromatic carbocycles. The van der Waals surface area contributed by atoms with Gasteiger partial charge >= 0.3 is 0 Å². The zero-order valence-electron chi connectivity index (χ0n) is 8.53. The summed E-state index contributed by atoms with van der Waals surface area (Å²) >= 11 is 7.72. The van der Waals surface area contributed by atoms with E-state index in [0.717, 1.165) is 25.3 Å². The van der Waals surface area contributed by atoms with Gasteiger partial charge in [-0.2, -0.15) is 11.8 Å². The van der Waals surface area contributed by atoms with Crippen LogP contribution in [-0.4, -0.2) is 39.5 Å². The minimum Gasteiger partial charge on any atom is -0.297 e. The molecule has 0 atom stereocenters. The topological polar surface area (TPSA) is 29.0 Å². The number of hydrogen-bond acceptors (Lipinski definition) is 4. The highest BCUT2D eigenvalue weighted by Crippen LogP contribution is 2.12. The molecular formula is C10H14ClN3S. The van der Waals surface area contributed by atoms with Gasteiger partial charge in [0.2, 0.25) is 0 Å². The zero-order valence-corrected chi connectivity index (χ0v) is 10.1. The first kappa shape index (κ1) is 11.2. The Labute approximate surface area is 99.2 Å². The summed E-state index contributed by atoms with van der Waals surface area (Å²) < 4.78 is 0. The smallest absolute Gasteiger partial charge is 0.147 e. The Bertz CT molecular complexity index is 296. The lowest BCUT2D eigenvalue weighted by Gasteiger charge is -2.18. The van der Waals surface area contributed by atoms with Gasteiger partial charge in [0.15, 0.2) is 0 Å². The first-order valence-corrected chi connectivity index (χ1v) is 6.64. The van der Waals surface area contributed by atoms with E-state index in [9.17, 15) is 0 Å². The fourth-order valence-electron chi connectivity index (χ4n) is 1.61. The molecule has 2 heterocycles. The van der Waals surface area contributed by atoms with Crippen molar-refractivity contribution >= 4 is 23.4 Å². The van der Waals surface area contributed by atoms with Crippen LogP contribution in [0.15, 0.2) is 12.4 Å². The van der Waals surface area contributed by atoms with E-state index in [1.165, 1.54) is 17.9 Å². The van der Waals surface area contributed by atoms with Crippen LogP contribution in [0.4, 0.5) is 0 Å². The van der Waals surface area contributed by atoms with Gasteiger partial charge in [0, 0.05) is 18.8 Å². The zero-order chi connectivity index (χ0) is 10.5. The maximum Gasteiger partial charge on any atom is 0.147 e. The highest BCUT2D eigenvalue weighted by molar-refractivity contribution is 7.99. The minimum atomic E-state index is 0.463. The average Bonchev–Trinajstić information content (AvgIpc) is 2.50. The average molecular weight is 244 g/mol. The van der Waals surface area contributed by atoms with Crippen molar-refractivity contribution in [2.24, 2.45) is 0 Å². The molecule has 3 nitrogen and oxygen atoms in total. The summed E-state index contributed by atoms with van der Waals surface area (Å²) in [5, 5.41) is 0.463. The second kappa shape index (κ2) is 5.68. The number of rotatable bonds is 2. The molecule has 0 radical (unpaired) electrons. The van der Waals surface area contributed by atoms with Crippen LogP contribution in [0.2, 0.25) is 5.15 Å². The summed E-state index contributed by atoms with van der Waals surface area (Å²) in [6, 6.07) is 0. The molecule has 15 heavy (non-hydrogen) atoms. The van der Waals surface area contributed by atoms with Crippen LogP contribution in [0.25, 0.3) is 0 Å². The Morgan fingerprint density at radius 2 is 2.20 bits per heavy atom. The number of aromatic nitrogens is 2. The van der Waals surface area contributed by atoms with E-state index in [-0.39, 0.29) is 0 Å². The molecular weight excluding hydrogens is 230 g/mol. The molecule has 0 unspecified atom stereocenters. The molecule has 0 saturated carbocycles. The predicted octanol–water partition coefficient (Wildman–Crippen LogP) is 2.07. The van der Waals surface area contributed by atoms with Crippen LogP contribution in [0.1, 0.15) is 12.1 Å². The molecule has 1 aromatic heterocycles. The summed E-state index contributed by atoms with van der Waals surface area (Å²) in [6.07, 6.45) is 4.65. The highest BCUT2D eigenvalue weighted by atomic mass is 35.5. The predicted molar refractivity (Wildman–Crippen MR) is 64.3 cm³/mol. The first-order valence-electron chi connectivity index (χ1n) is 5.11. The van der Waals surface area contributed by atoms with Crippen molar-refractivity contribution in [3.05, 3.63) is 23.2 Å². The van der Waals surface area contributed by atoms with Crippen molar-refractivity contribution in [3.8, 4) is 0 Å². The molecule has 0 spiro atoms. The molecule has 0 aliphatic carbocycles. The molecule has 1 saturated heterocycles. The number of hydrogen-bond donors (Lipinski definition) is 0. The lowest BCUT2D eigenvalue weighted by atomic mass is 10.3. The van der Waals surface area contributed by atoms with Crippen molar-refractivity contribution in [1.82, 2.24) is 14.9 Å². The van der Waals surface area contributed by atoms with E-state index in [1.807, 2.05) is 11.8 Å². The van der Waals surface area contributed by atoms with Crippen LogP contribution in [-0.2, 0) is 6.54 Å². The molecule has 1 aromatic rings. The third kappa shape index (κ3) is 3.63. The van der Waals surface area contributed by atoms with Gasteiger partial charge in [-0.3, -0.25) is 9.88 Å². The van der Waals surface area contributed by atoms with E-state index < -0.39 is 0 Å². The molecule has 0 amide bonds. The van der Waals surface area contributed by atoms with E-state index in [1.54, 1.807) is 12.4 Å². The van der Waals surface area contributed by atoms with Gasteiger partial charge in [-0.25, -0.2) is 4.98 Å². The monoisotopic (exact) mass is 243 g/mol. The molecule has 1 fully saturated rings. The third-order valence-corrected chi connectivity index (χ3v) is 3.62. The standard InChI is InChI=1S/C10H14ClN3S/c11-10-7-12-9(6-13-10)8-14-2-1-4-15-5-3-14/h6-7H,1-5,8H2. The van der Waals surface area contributed by atoms with Crippen molar-refractivity contribution in [2.75, 3.05) is 24.6 Å². The highest BCUT2D eigenvalue weighted by Gasteiger charge is 2.10. The maximum absolute atomic E-state index is 5.69. The third-order valence-electron chi connectivity index (χ3n) is 2.37. The Hall–Kier alpha value is -0.320. The van der Waals surface area contributed by atoms with Crippen molar-refractivity contribution in [3.63, 3.8) is 0 Å². The van der Waals surface area contributed by atoms with E-state index in [4.69, 9.17) is 11.6 Å². The number of nitrogens with zero attached hydrogens (tertiary/aromatic N) is 3. The van der Waals surface area contributed by atoms with Crippen LogP contribution in [0.5, 0.6) is 0 Å². The molecule has 82 valence electrons. The summed E-state index contributed by atoms with van der Waals surface area (Å²) in [5.74, 6) is 2.50. The van der Waals surface area contributed by atoms with Gasteiger partial charge in [-0.1, -0.05) is 11.6 Å². The minimum absolute atomic E-state index is 0.463. The number of halogens is 1. The van der Waals surface area contributed by atoms with Crippen LogP contribution in [0.3, 0.4) is 0 Å². The fraction of sp³-hybridized carbons (Fsp3) is 0.600. The summed E-state index contributed by atoms with van der Waals surface area (Å²) in [5.41, 5.74) is 1.01. The van der Waals surface area contributed by atoms with Crippen molar-refractivity contribution < 1.29 is 0 Å². The quantitative estimate of drug-likeness (QED) is 0.795. The SMILES string of the molecule is Clc1cnc(CN2CCCSCC2)cn1. The fourth-order valence-corrected chi connectivity index (χ4v) is 2.63. The van der Waals surface area contributed by atoms with Gasteiger partial charge in [-0.05, 0) is 18.7 Å². The summed E-state index contributed by atoms with van der Waals surface area (Å²) in [6.45, 7) is 3.21.